The molecule has 22 heavy (non-hydrogen) atoms. The molecule has 2 unspecified atom stereocenters. The third kappa shape index (κ3) is 10.5. The fourth-order valence-electron chi connectivity index (χ4n) is 2.05. The molecular formula is C19H31O2U-. The van der Waals surface area contributed by atoms with Gasteiger partial charge in [0.15, 0.2) is 0 Å². The molecule has 0 aliphatic carbocycles. The maximum Gasteiger partial charge on any atom is 0.0986 e. The number of benzene rings is 1. The maximum absolute atomic E-state index is 10.5. The number of hydrogen-bond acceptors (Lipinski definition) is 2. The van der Waals surface area contributed by atoms with Gasteiger partial charge < -0.3 is 9.53 Å². The van der Waals surface area contributed by atoms with Gasteiger partial charge in [0.1, 0.15) is 0 Å². The Kier molecular flexibility index (Phi) is 17.1. The van der Waals surface area contributed by atoms with Crippen molar-refractivity contribution in [3.8, 4) is 5.75 Å². The van der Waals surface area contributed by atoms with Crippen LogP contribution in [0.15, 0.2) is 24.3 Å². The van der Waals surface area contributed by atoms with Crippen LogP contribution in [0, 0.1) is 37.0 Å². The molecule has 0 saturated heterocycles. The minimum absolute atomic E-state index is 0. The first-order valence-electron chi connectivity index (χ1n) is 8.34. The summed E-state index contributed by atoms with van der Waals surface area (Å²) in [7, 11) is 0. The van der Waals surface area contributed by atoms with Gasteiger partial charge in [-0.25, -0.2) is 0 Å². The van der Waals surface area contributed by atoms with E-state index in [-0.39, 0.29) is 37.2 Å². The Bertz CT molecular complexity index is 362. The summed E-state index contributed by atoms with van der Waals surface area (Å²) in [5.41, 5.74) is 0.569. The summed E-state index contributed by atoms with van der Waals surface area (Å²) >= 11 is 0. The van der Waals surface area contributed by atoms with Crippen LogP contribution in [0.5, 0.6) is 5.75 Å². The molecule has 0 saturated carbocycles. The minimum Gasteiger partial charge on any atom is -0.493 e. The third-order valence-electron chi connectivity index (χ3n) is 3.56. The normalized spacial score (nSPS) is 12.2. The summed E-state index contributed by atoms with van der Waals surface area (Å²) in [5, 5.41) is 0. The van der Waals surface area contributed by atoms with Crippen LogP contribution in [-0.2, 0) is 4.79 Å². The summed E-state index contributed by atoms with van der Waals surface area (Å²) in [6.07, 6.45) is 7.91. The first kappa shape index (κ1) is 24.0. The third-order valence-corrected chi connectivity index (χ3v) is 3.56. The average Bonchev–Trinajstić information content (AvgIpc) is 2.55. The van der Waals surface area contributed by atoms with Crippen LogP contribution in [0.25, 0.3) is 0 Å². The second-order valence-electron chi connectivity index (χ2n) is 5.25. The zero-order valence-corrected chi connectivity index (χ0v) is 19.0. The van der Waals surface area contributed by atoms with Crippen molar-refractivity contribution in [1.82, 2.24) is 0 Å². The van der Waals surface area contributed by atoms with E-state index in [1.165, 1.54) is 12.8 Å². The van der Waals surface area contributed by atoms with Gasteiger partial charge in [-0.05, 0) is 25.2 Å². The Morgan fingerprint density at radius 1 is 1.05 bits per heavy atom. The molecule has 3 heteroatoms. The first-order chi connectivity index (χ1) is 10.2. The van der Waals surface area contributed by atoms with E-state index in [2.05, 4.69) is 20.8 Å². The van der Waals surface area contributed by atoms with Gasteiger partial charge in [-0.15, -0.1) is 0 Å². The van der Waals surface area contributed by atoms with Crippen molar-refractivity contribution >= 4 is 6.29 Å². The molecule has 0 aliphatic rings. The van der Waals surface area contributed by atoms with E-state index < -0.39 is 0 Å². The van der Waals surface area contributed by atoms with Crippen LogP contribution in [-0.4, -0.2) is 12.4 Å². The van der Waals surface area contributed by atoms with Gasteiger partial charge in [0, 0.05) is 31.1 Å². The molecule has 1 rings (SSSR count). The average molecular weight is 529 g/mol. The van der Waals surface area contributed by atoms with Crippen molar-refractivity contribution in [2.24, 2.45) is 5.92 Å². The Hall–Kier alpha value is -0.258. The SMILES string of the molecule is CC.CCCC(CCC(C)CC)Oc1ccc([C-]=O)cc1.[U]. The van der Waals surface area contributed by atoms with Crippen molar-refractivity contribution in [1.29, 1.82) is 0 Å². The molecule has 0 aliphatic heterocycles. The molecule has 0 spiro atoms. The van der Waals surface area contributed by atoms with E-state index in [0.29, 0.717) is 5.56 Å². The summed E-state index contributed by atoms with van der Waals surface area (Å²) in [4.78, 5) is 10.5. The van der Waals surface area contributed by atoms with Crippen molar-refractivity contribution in [3.63, 3.8) is 0 Å². The monoisotopic (exact) mass is 529 g/mol. The van der Waals surface area contributed by atoms with Gasteiger partial charge >= 0.3 is 0 Å². The molecule has 2 atom stereocenters. The Morgan fingerprint density at radius 3 is 2.09 bits per heavy atom. The van der Waals surface area contributed by atoms with Crippen LogP contribution < -0.4 is 4.74 Å². The minimum atomic E-state index is 0. The van der Waals surface area contributed by atoms with E-state index in [1.807, 2.05) is 32.3 Å². The summed E-state index contributed by atoms with van der Waals surface area (Å²) < 4.78 is 6.02. The van der Waals surface area contributed by atoms with Crippen molar-refractivity contribution < 1.29 is 40.6 Å². The number of rotatable bonds is 9. The molecule has 0 bridgehead atoms. The van der Waals surface area contributed by atoms with Crippen molar-refractivity contribution in [2.75, 3.05) is 0 Å². The van der Waals surface area contributed by atoms with Crippen LogP contribution in [0.1, 0.15) is 72.3 Å². The summed E-state index contributed by atoms with van der Waals surface area (Å²) in [5.74, 6) is 1.61. The molecule has 0 N–H and O–H groups in total. The van der Waals surface area contributed by atoms with Crippen LogP contribution in [0.3, 0.4) is 0 Å². The predicted octanol–water partition coefficient (Wildman–Crippen LogP) is 5.54. The van der Waals surface area contributed by atoms with E-state index in [0.717, 1.165) is 30.9 Å². The zero-order valence-electron chi connectivity index (χ0n) is 14.8. The van der Waals surface area contributed by atoms with Gasteiger partial charge in [0.05, 0.1) is 18.1 Å². The van der Waals surface area contributed by atoms with E-state index in [4.69, 9.17) is 4.74 Å². The molecule has 0 radical (unpaired) electrons. The fraction of sp³-hybridized carbons (Fsp3) is 0.632. The van der Waals surface area contributed by atoms with Crippen molar-refractivity contribution in [3.05, 3.63) is 29.8 Å². The summed E-state index contributed by atoms with van der Waals surface area (Å²) in [6.45, 7) is 10.7. The van der Waals surface area contributed by atoms with Gasteiger partial charge in [-0.3, -0.25) is 0 Å². The largest absolute Gasteiger partial charge is 0.493 e. The molecule has 0 heterocycles. The molecule has 1 aromatic rings. The van der Waals surface area contributed by atoms with Gasteiger partial charge in [-0.1, -0.05) is 59.6 Å². The van der Waals surface area contributed by atoms with Crippen LogP contribution in [0.4, 0.5) is 0 Å². The van der Waals surface area contributed by atoms with Crippen molar-refractivity contribution in [2.45, 2.75) is 72.8 Å². The Labute approximate surface area is 160 Å². The number of ether oxygens (including phenoxy) is 1. The smallest absolute Gasteiger partial charge is 0.0986 e. The topological polar surface area (TPSA) is 26.3 Å². The summed E-state index contributed by atoms with van der Waals surface area (Å²) in [6, 6.07) is 7.21. The van der Waals surface area contributed by atoms with Crippen LogP contribution >= 0.6 is 0 Å². The second-order valence-corrected chi connectivity index (χ2v) is 5.25. The molecule has 0 fully saturated rings. The second kappa shape index (κ2) is 15.6. The van der Waals surface area contributed by atoms with E-state index in [1.54, 1.807) is 12.1 Å². The Morgan fingerprint density at radius 2 is 1.64 bits per heavy atom. The molecule has 0 amide bonds. The zero-order chi connectivity index (χ0) is 16.1. The van der Waals surface area contributed by atoms with Gasteiger partial charge in [-0.2, -0.15) is 17.7 Å². The quantitative estimate of drug-likeness (QED) is 0.393. The molecule has 2 nitrogen and oxygen atoms in total. The van der Waals surface area contributed by atoms with Gasteiger partial charge in [0.2, 0.25) is 0 Å². The maximum atomic E-state index is 10.5. The van der Waals surface area contributed by atoms with E-state index >= 15 is 0 Å². The van der Waals surface area contributed by atoms with E-state index in [9.17, 15) is 4.79 Å². The Balaban J connectivity index is 0. The predicted molar refractivity (Wildman–Crippen MR) is 90.6 cm³/mol. The fourth-order valence-corrected chi connectivity index (χ4v) is 2.05. The number of hydrogen-bond donors (Lipinski definition) is 0. The molecular weight excluding hydrogens is 498 g/mol. The molecule has 124 valence electrons. The number of carbonyl (C=O) groups excluding carboxylic acids is 1. The van der Waals surface area contributed by atoms with Gasteiger partial charge in [0.25, 0.3) is 0 Å². The molecule has 1 aromatic carbocycles. The first-order valence-corrected chi connectivity index (χ1v) is 8.34. The van der Waals surface area contributed by atoms with Crippen LogP contribution in [0.2, 0.25) is 0 Å². The molecule has 0 aromatic heterocycles. The standard InChI is InChI=1S/C17H25O2.C2H6.U/c1-4-6-16(10-7-14(3)5-2)19-17-11-8-15(13-18)9-12-17;1-2;/h8-9,11-12,14,16H,4-7,10H2,1-3H3;1-2H3;/q-1;;.